The van der Waals surface area contributed by atoms with Crippen LogP contribution in [0.2, 0.25) is 0 Å². The molecule has 5 fully saturated rings. The Morgan fingerprint density at radius 2 is 1.59 bits per heavy atom. The van der Waals surface area contributed by atoms with Crippen LogP contribution >= 0.6 is 0 Å². The van der Waals surface area contributed by atoms with Crippen molar-refractivity contribution in [2.24, 2.45) is 23.7 Å². The van der Waals surface area contributed by atoms with Crippen LogP contribution in [0.15, 0.2) is 0 Å². The average Bonchev–Trinajstić information content (AvgIpc) is 2.33. The third kappa shape index (κ3) is 1.34. The molecule has 5 rings (SSSR count). The molecule has 1 saturated heterocycles. The lowest BCUT2D eigenvalue weighted by Crippen LogP contribution is -2.43. The SMILES string of the molecule is C[C@@H]1[C@H]2CC3C[C@@H]4C[C@@H](C3)CC2(C4)OS1(=O)=O. The van der Waals surface area contributed by atoms with E-state index >= 15 is 0 Å². The van der Waals surface area contributed by atoms with Crippen molar-refractivity contribution in [2.45, 2.75) is 56.3 Å². The van der Waals surface area contributed by atoms with Crippen LogP contribution in [0.25, 0.3) is 0 Å². The van der Waals surface area contributed by atoms with Gasteiger partial charge in [-0.3, -0.25) is 4.18 Å². The molecule has 0 aromatic heterocycles. The highest BCUT2D eigenvalue weighted by atomic mass is 32.2. The summed E-state index contributed by atoms with van der Waals surface area (Å²) in [4.78, 5) is 0. The molecule has 5 aliphatic rings. The fraction of sp³-hybridized carbons (Fsp3) is 1.00. The van der Waals surface area contributed by atoms with Crippen molar-refractivity contribution < 1.29 is 12.6 Å². The second-order valence-electron chi connectivity index (χ2n) is 6.90. The van der Waals surface area contributed by atoms with E-state index in [1.54, 1.807) is 0 Å². The zero-order valence-electron chi connectivity index (χ0n) is 10.3. The predicted octanol–water partition coefficient (Wildman–Crippen LogP) is 2.32. The normalized spacial score (nSPS) is 59.0. The molecule has 4 saturated carbocycles. The van der Waals surface area contributed by atoms with E-state index in [4.69, 9.17) is 4.18 Å². The largest absolute Gasteiger partial charge is 0.270 e. The average molecular weight is 256 g/mol. The van der Waals surface area contributed by atoms with Gasteiger partial charge in [0.25, 0.3) is 10.1 Å². The maximum absolute atomic E-state index is 12.0. The molecule has 0 unspecified atom stereocenters. The van der Waals surface area contributed by atoms with Gasteiger partial charge in [-0.05, 0) is 63.2 Å². The molecule has 0 aromatic rings. The lowest BCUT2D eigenvalue weighted by atomic mass is 9.65. The minimum atomic E-state index is -3.29. The molecule has 4 atom stereocenters. The first kappa shape index (κ1) is 10.8. The van der Waals surface area contributed by atoms with Gasteiger partial charge in [0.15, 0.2) is 0 Å². The Hall–Kier alpha value is -0.0900. The minimum Gasteiger partial charge on any atom is -0.263 e. The smallest absolute Gasteiger partial charge is 0.263 e. The zero-order chi connectivity index (χ0) is 11.8. The molecule has 1 heterocycles. The fourth-order valence-corrected chi connectivity index (χ4v) is 7.06. The van der Waals surface area contributed by atoms with Gasteiger partial charge in [0.2, 0.25) is 0 Å². The molecular weight excluding hydrogens is 236 g/mol. The van der Waals surface area contributed by atoms with Crippen LogP contribution in [-0.2, 0) is 14.3 Å². The quantitative estimate of drug-likeness (QED) is 0.625. The van der Waals surface area contributed by atoms with Crippen molar-refractivity contribution in [1.29, 1.82) is 0 Å². The van der Waals surface area contributed by atoms with Crippen LogP contribution in [0, 0.1) is 23.7 Å². The molecule has 4 bridgehead atoms. The van der Waals surface area contributed by atoms with E-state index in [2.05, 4.69) is 0 Å². The number of hydrogen-bond donors (Lipinski definition) is 0. The summed E-state index contributed by atoms with van der Waals surface area (Å²) in [5.41, 5.74) is -0.295. The lowest BCUT2D eigenvalue weighted by molar-refractivity contribution is -0.0263. The number of rotatable bonds is 0. The summed E-state index contributed by atoms with van der Waals surface area (Å²) in [7, 11) is -3.29. The molecular formula is C13H20O3S. The highest BCUT2D eigenvalue weighted by molar-refractivity contribution is 7.87. The van der Waals surface area contributed by atoms with Gasteiger partial charge in [-0.2, -0.15) is 8.42 Å². The van der Waals surface area contributed by atoms with Crippen molar-refractivity contribution in [3.8, 4) is 0 Å². The summed E-state index contributed by atoms with van der Waals surface area (Å²) in [5.74, 6) is 2.51. The van der Waals surface area contributed by atoms with Gasteiger partial charge in [-0.1, -0.05) is 0 Å². The fourth-order valence-electron chi connectivity index (χ4n) is 5.42. The van der Waals surface area contributed by atoms with Crippen LogP contribution in [0.4, 0.5) is 0 Å². The Morgan fingerprint density at radius 1 is 1.00 bits per heavy atom. The van der Waals surface area contributed by atoms with E-state index in [0.29, 0.717) is 0 Å². The summed E-state index contributed by atoms with van der Waals surface area (Å²) in [6.07, 6.45) is 7.08. The van der Waals surface area contributed by atoms with Gasteiger partial charge in [-0.15, -0.1) is 0 Å². The van der Waals surface area contributed by atoms with Gasteiger partial charge < -0.3 is 0 Å². The minimum absolute atomic E-state index is 0.271. The standard InChI is InChI=1S/C13H20O3S/c1-8-12-5-9-2-10-4-11(3-9)7-13(12,6-10)16-17(8,14)15/h8-12H,2-7H2,1H3/t8-,9?,10-,11-,12-,13?/m1/s1. The Bertz CT molecular complexity index is 441. The van der Waals surface area contributed by atoms with Crippen molar-refractivity contribution in [2.75, 3.05) is 0 Å². The Balaban J connectivity index is 1.83. The van der Waals surface area contributed by atoms with Gasteiger partial charge in [0, 0.05) is 5.92 Å². The van der Waals surface area contributed by atoms with E-state index in [-0.39, 0.29) is 16.8 Å². The summed E-state index contributed by atoms with van der Waals surface area (Å²) >= 11 is 0. The summed E-state index contributed by atoms with van der Waals surface area (Å²) in [5, 5.41) is -0.277. The molecule has 0 aromatic carbocycles. The molecule has 0 amide bonds. The maximum atomic E-state index is 12.0. The molecule has 4 aliphatic carbocycles. The third-order valence-electron chi connectivity index (χ3n) is 5.84. The first-order valence-corrected chi connectivity index (χ1v) is 8.40. The van der Waals surface area contributed by atoms with Gasteiger partial charge >= 0.3 is 0 Å². The molecule has 1 aliphatic heterocycles. The first-order chi connectivity index (χ1) is 7.98. The van der Waals surface area contributed by atoms with Gasteiger partial charge in [-0.25, -0.2) is 0 Å². The molecule has 0 N–H and O–H groups in total. The summed E-state index contributed by atoms with van der Waals surface area (Å²) < 4.78 is 29.7. The van der Waals surface area contributed by atoms with Crippen LogP contribution in [0.1, 0.15) is 45.4 Å². The van der Waals surface area contributed by atoms with Crippen molar-refractivity contribution >= 4 is 10.1 Å². The Labute approximate surface area is 103 Å². The van der Waals surface area contributed by atoms with Crippen LogP contribution in [0.3, 0.4) is 0 Å². The van der Waals surface area contributed by atoms with Gasteiger partial charge in [0.05, 0.1) is 10.9 Å². The predicted molar refractivity (Wildman–Crippen MR) is 63.9 cm³/mol. The van der Waals surface area contributed by atoms with Crippen molar-refractivity contribution in [3.05, 3.63) is 0 Å². The van der Waals surface area contributed by atoms with E-state index in [1.807, 2.05) is 6.92 Å². The number of hydrogen-bond acceptors (Lipinski definition) is 3. The third-order valence-corrected chi connectivity index (χ3v) is 7.64. The van der Waals surface area contributed by atoms with E-state index in [9.17, 15) is 8.42 Å². The zero-order valence-corrected chi connectivity index (χ0v) is 11.1. The molecule has 96 valence electrons. The molecule has 4 heteroatoms. The molecule has 1 spiro atoms. The van der Waals surface area contributed by atoms with Gasteiger partial charge in [0.1, 0.15) is 0 Å². The Kier molecular flexibility index (Phi) is 1.95. The maximum Gasteiger partial charge on any atom is 0.270 e. The highest BCUT2D eigenvalue weighted by Gasteiger charge is 2.62. The second kappa shape index (κ2) is 3.08. The highest BCUT2D eigenvalue weighted by Crippen LogP contribution is 2.60. The van der Waals surface area contributed by atoms with E-state index in [1.165, 1.54) is 19.3 Å². The summed E-state index contributed by atoms with van der Waals surface area (Å²) in [6.45, 7) is 1.86. The van der Waals surface area contributed by atoms with Crippen LogP contribution in [0.5, 0.6) is 0 Å². The molecule has 17 heavy (non-hydrogen) atoms. The van der Waals surface area contributed by atoms with Crippen LogP contribution < -0.4 is 0 Å². The van der Waals surface area contributed by atoms with Crippen molar-refractivity contribution in [1.82, 2.24) is 0 Å². The van der Waals surface area contributed by atoms with E-state index < -0.39 is 10.1 Å². The second-order valence-corrected chi connectivity index (χ2v) is 8.80. The summed E-state index contributed by atoms with van der Waals surface area (Å²) in [6, 6.07) is 0. The topological polar surface area (TPSA) is 43.4 Å². The molecule has 0 radical (unpaired) electrons. The Morgan fingerprint density at radius 3 is 2.24 bits per heavy atom. The first-order valence-electron chi connectivity index (χ1n) is 6.93. The molecule has 3 nitrogen and oxygen atoms in total. The van der Waals surface area contributed by atoms with Crippen molar-refractivity contribution in [3.63, 3.8) is 0 Å². The van der Waals surface area contributed by atoms with E-state index in [0.717, 1.165) is 37.0 Å². The lowest BCUT2D eigenvalue weighted by Gasteiger charge is -2.43. The monoisotopic (exact) mass is 256 g/mol. The van der Waals surface area contributed by atoms with Crippen LogP contribution in [-0.4, -0.2) is 19.3 Å².